The van der Waals surface area contributed by atoms with Crippen LogP contribution in [0.4, 0.5) is 5.69 Å². The Kier molecular flexibility index (Phi) is 3.39. The molecule has 4 aromatic rings. The molecule has 2 heterocycles. The van der Waals surface area contributed by atoms with Gasteiger partial charge in [-0.25, -0.2) is 4.98 Å². The summed E-state index contributed by atoms with van der Waals surface area (Å²) in [6, 6.07) is 16.9. The smallest absolute Gasteiger partial charge is 0.256 e. The fourth-order valence-electron chi connectivity index (χ4n) is 2.77. The maximum absolute atomic E-state index is 12.8. The maximum atomic E-state index is 12.8. The van der Waals surface area contributed by atoms with E-state index in [2.05, 4.69) is 15.3 Å². The largest absolute Gasteiger partial charge is 0.481 e. The number of ether oxygens (including phenoxy) is 1. The third-order valence-electron chi connectivity index (χ3n) is 3.96. The molecule has 0 aliphatic carbocycles. The highest BCUT2D eigenvalue weighted by molar-refractivity contribution is 6.13. The highest BCUT2D eigenvalue weighted by atomic mass is 16.5. The summed E-state index contributed by atoms with van der Waals surface area (Å²) >= 11 is 0. The van der Waals surface area contributed by atoms with E-state index in [0.717, 1.165) is 27.5 Å². The molecule has 5 nitrogen and oxygen atoms in total. The molecule has 1 amide bonds. The van der Waals surface area contributed by atoms with Crippen LogP contribution in [-0.4, -0.2) is 23.0 Å². The molecule has 2 N–H and O–H groups in total. The van der Waals surface area contributed by atoms with Gasteiger partial charge in [-0.3, -0.25) is 4.79 Å². The van der Waals surface area contributed by atoms with Gasteiger partial charge in [0, 0.05) is 34.2 Å². The van der Waals surface area contributed by atoms with Gasteiger partial charge >= 0.3 is 0 Å². The van der Waals surface area contributed by atoms with E-state index in [9.17, 15) is 4.79 Å². The summed E-state index contributed by atoms with van der Waals surface area (Å²) < 4.78 is 5.22. The molecule has 0 fully saturated rings. The van der Waals surface area contributed by atoms with Crippen molar-refractivity contribution in [3.63, 3.8) is 0 Å². The molecule has 0 unspecified atom stereocenters. The average molecular weight is 317 g/mol. The van der Waals surface area contributed by atoms with Crippen LogP contribution in [0, 0.1) is 0 Å². The Bertz CT molecular complexity index is 1050. The first kappa shape index (κ1) is 14.3. The summed E-state index contributed by atoms with van der Waals surface area (Å²) in [6.07, 6.45) is 1.87. The van der Waals surface area contributed by atoms with E-state index >= 15 is 0 Å². The first-order chi connectivity index (χ1) is 11.7. The van der Waals surface area contributed by atoms with E-state index in [1.54, 1.807) is 13.2 Å². The highest BCUT2D eigenvalue weighted by Gasteiger charge is 2.13. The predicted octanol–water partition coefficient (Wildman–Crippen LogP) is 3.98. The zero-order valence-corrected chi connectivity index (χ0v) is 13.0. The van der Waals surface area contributed by atoms with Gasteiger partial charge < -0.3 is 15.0 Å². The van der Waals surface area contributed by atoms with Crippen LogP contribution in [0.25, 0.3) is 21.8 Å². The van der Waals surface area contributed by atoms with Crippen LogP contribution in [0.3, 0.4) is 0 Å². The van der Waals surface area contributed by atoms with Gasteiger partial charge in [-0.05, 0) is 30.3 Å². The maximum Gasteiger partial charge on any atom is 0.256 e. The first-order valence-corrected chi connectivity index (χ1v) is 7.57. The van der Waals surface area contributed by atoms with Gasteiger partial charge in [0.25, 0.3) is 5.91 Å². The molecule has 0 spiro atoms. The zero-order chi connectivity index (χ0) is 16.5. The lowest BCUT2D eigenvalue weighted by molar-refractivity contribution is 0.102. The number of aromatic amines is 1. The van der Waals surface area contributed by atoms with Crippen LogP contribution in [0.2, 0.25) is 0 Å². The number of anilines is 1. The number of amides is 1. The number of nitrogens with zero attached hydrogens (tertiary/aromatic N) is 1. The van der Waals surface area contributed by atoms with Crippen LogP contribution in [0.5, 0.6) is 5.88 Å². The van der Waals surface area contributed by atoms with Gasteiger partial charge in [0.05, 0.1) is 18.2 Å². The number of aromatic nitrogens is 2. The van der Waals surface area contributed by atoms with Crippen molar-refractivity contribution in [2.24, 2.45) is 0 Å². The summed E-state index contributed by atoms with van der Waals surface area (Å²) in [4.78, 5) is 20.3. The molecular formula is C19H15N3O2. The Hall–Kier alpha value is -3.34. The monoisotopic (exact) mass is 317 g/mol. The highest BCUT2D eigenvalue weighted by Crippen LogP contribution is 2.24. The molecule has 0 aliphatic heterocycles. The number of benzene rings is 2. The molecule has 0 atom stereocenters. The van der Waals surface area contributed by atoms with E-state index in [4.69, 9.17) is 4.74 Å². The van der Waals surface area contributed by atoms with Gasteiger partial charge in [-0.15, -0.1) is 0 Å². The van der Waals surface area contributed by atoms with Crippen molar-refractivity contribution in [1.82, 2.24) is 9.97 Å². The van der Waals surface area contributed by atoms with Crippen molar-refractivity contribution in [3.05, 3.63) is 66.4 Å². The predicted molar refractivity (Wildman–Crippen MR) is 94.5 cm³/mol. The fraction of sp³-hybridized carbons (Fsp3) is 0.0526. The number of hydrogen-bond acceptors (Lipinski definition) is 3. The number of pyridine rings is 1. The van der Waals surface area contributed by atoms with E-state index < -0.39 is 0 Å². The van der Waals surface area contributed by atoms with Gasteiger partial charge in [0.1, 0.15) is 0 Å². The Morgan fingerprint density at radius 3 is 2.88 bits per heavy atom. The second-order valence-corrected chi connectivity index (χ2v) is 5.46. The topological polar surface area (TPSA) is 67.0 Å². The molecule has 0 bridgehead atoms. The minimum Gasteiger partial charge on any atom is -0.481 e. The summed E-state index contributed by atoms with van der Waals surface area (Å²) in [5.74, 6) is 0.224. The number of rotatable bonds is 3. The number of fused-ring (bicyclic) bond motifs is 2. The molecular weight excluding hydrogens is 302 g/mol. The van der Waals surface area contributed by atoms with Gasteiger partial charge in [0.15, 0.2) is 0 Å². The van der Waals surface area contributed by atoms with Crippen molar-refractivity contribution in [2.75, 3.05) is 12.4 Å². The fourth-order valence-corrected chi connectivity index (χ4v) is 2.77. The number of hydrogen-bond donors (Lipinski definition) is 2. The van der Waals surface area contributed by atoms with E-state index in [0.29, 0.717) is 11.4 Å². The lowest BCUT2D eigenvalue weighted by Crippen LogP contribution is -2.13. The first-order valence-electron chi connectivity index (χ1n) is 7.57. The number of carbonyl (C=O) groups excluding carboxylic acids is 1. The standard InChI is InChI=1S/C19H15N3O2/c1-24-18-11-15(14-4-2-3-5-17(14)22-18)19(23)21-13-6-7-16-12(10-13)8-9-20-16/h2-11,20H,1H3,(H,21,23). The number of para-hydroxylation sites is 1. The van der Waals surface area contributed by atoms with Crippen molar-refractivity contribution in [1.29, 1.82) is 0 Å². The van der Waals surface area contributed by atoms with Crippen molar-refractivity contribution >= 4 is 33.4 Å². The average Bonchev–Trinajstić information content (AvgIpc) is 3.08. The number of carbonyl (C=O) groups is 1. The van der Waals surface area contributed by atoms with Gasteiger partial charge in [-0.2, -0.15) is 0 Å². The minimum absolute atomic E-state index is 0.193. The third-order valence-corrected chi connectivity index (χ3v) is 3.96. The second kappa shape index (κ2) is 5.70. The molecule has 4 rings (SSSR count). The molecule has 118 valence electrons. The summed E-state index contributed by atoms with van der Waals surface area (Å²) in [5.41, 5.74) is 3.03. The molecule has 24 heavy (non-hydrogen) atoms. The Morgan fingerprint density at radius 2 is 2.00 bits per heavy atom. The normalized spacial score (nSPS) is 10.9. The number of nitrogens with one attached hydrogen (secondary N) is 2. The Balaban J connectivity index is 1.74. The SMILES string of the molecule is COc1cc(C(=O)Nc2ccc3[nH]ccc3c2)c2ccccc2n1. The van der Waals surface area contributed by atoms with Crippen molar-refractivity contribution in [2.45, 2.75) is 0 Å². The molecule has 2 aromatic carbocycles. The molecule has 5 heteroatoms. The molecule has 0 saturated heterocycles. The van der Waals surface area contributed by atoms with Crippen LogP contribution in [0.1, 0.15) is 10.4 Å². The zero-order valence-electron chi connectivity index (χ0n) is 13.0. The number of methoxy groups -OCH3 is 1. The van der Waals surface area contributed by atoms with E-state index in [1.165, 1.54) is 0 Å². The molecule has 0 saturated carbocycles. The van der Waals surface area contributed by atoms with Crippen molar-refractivity contribution < 1.29 is 9.53 Å². The Morgan fingerprint density at radius 1 is 1.12 bits per heavy atom. The lowest BCUT2D eigenvalue weighted by atomic mass is 10.1. The summed E-state index contributed by atoms with van der Waals surface area (Å²) in [6.45, 7) is 0. The van der Waals surface area contributed by atoms with E-state index in [1.807, 2.05) is 54.7 Å². The quantitative estimate of drug-likeness (QED) is 0.600. The Labute approximate surface area is 138 Å². The molecule has 2 aromatic heterocycles. The number of H-pyrrole nitrogens is 1. The van der Waals surface area contributed by atoms with Crippen LogP contribution >= 0.6 is 0 Å². The summed E-state index contributed by atoms with van der Waals surface area (Å²) in [7, 11) is 1.54. The van der Waals surface area contributed by atoms with Crippen LogP contribution in [0.15, 0.2) is 60.8 Å². The third kappa shape index (κ3) is 2.46. The van der Waals surface area contributed by atoms with Gasteiger partial charge in [0.2, 0.25) is 5.88 Å². The lowest BCUT2D eigenvalue weighted by Gasteiger charge is -2.10. The van der Waals surface area contributed by atoms with Crippen molar-refractivity contribution in [3.8, 4) is 5.88 Å². The van der Waals surface area contributed by atoms with Crippen LogP contribution in [-0.2, 0) is 0 Å². The van der Waals surface area contributed by atoms with Crippen LogP contribution < -0.4 is 10.1 Å². The molecule has 0 radical (unpaired) electrons. The summed E-state index contributed by atoms with van der Waals surface area (Å²) in [5, 5.41) is 4.78. The second-order valence-electron chi connectivity index (χ2n) is 5.46. The minimum atomic E-state index is -0.193. The molecule has 0 aliphatic rings. The van der Waals surface area contributed by atoms with Gasteiger partial charge in [-0.1, -0.05) is 18.2 Å². The van der Waals surface area contributed by atoms with E-state index in [-0.39, 0.29) is 5.91 Å².